The fourth-order valence-electron chi connectivity index (χ4n) is 5.74. The van der Waals surface area contributed by atoms with Gasteiger partial charge in [0.2, 0.25) is 0 Å². The molecule has 0 atom stereocenters. The van der Waals surface area contributed by atoms with Gasteiger partial charge in [-0.25, -0.2) is 4.39 Å². The van der Waals surface area contributed by atoms with Gasteiger partial charge < -0.3 is 0 Å². The van der Waals surface area contributed by atoms with Crippen molar-refractivity contribution in [2.75, 3.05) is 0 Å². The summed E-state index contributed by atoms with van der Waals surface area (Å²) >= 11 is 0. The van der Waals surface area contributed by atoms with E-state index in [2.05, 4.69) is 37.3 Å². The van der Waals surface area contributed by atoms with Crippen LogP contribution in [0.3, 0.4) is 0 Å². The van der Waals surface area contributed by atoms with Crippen LogP contribution in [0.25, 0.3) is 11.1 Å². The van der Waals surface area contributed by atoms with E-state index in [-0.39, 0.29) is 5.82 Å². The maximum Gasteiger partial charge on any atom is 0.131 e. The summed E-state index contributed by atoms with van der Waals surface area (Å²) in [6.07, 6.45) is 15.6. The van der Waals surface area contributed by atoms with Crippen LogP contribution in [-0.4, -0.2) is 0 Å². The molecule has 188 valence electrons. The molecule has 1 saturated carbocycles. The Balaban J connectivity index is 1.24. The molecule has 1 aliphatic carbocycles. The van der Waals surface area contributed by atoms with Crippen LogP contribution in [0.15, 0.2) is 66.7 Å². The maximum absolute atomic E-state index is 14.8. The predicted octanol–water partition coefficient (Wildman–Crippen LogP) is 9.78. The number of halogens is 1. The van der Waals surface area contributed by atoms with Crippen LogP contribution in [0.2, 0.25) is 0 Å². The van der Waals surface area contributed by atoms with Gasteiger partial charge in [-0.05, 0) is 90.8 Å². The molecular formula is C34H40FN. The van der Waals surface area contributed by atoms with Crippen molar-refractivity contribution < 1.29 is 4.39 Å². The number of aryl methyl sites for hydroxylation is 2. The van der Waals surface area contributed by atoms with Crippen molar-refractivity contribution in [3.8, 4) is 17.2 Å². The zero-order valence-corrected chi connectivity index (χ0v) is 21.8. The third-order valence-corrected chi connectivity index (χ3v) is 8.07. The van der Waals surface area contributed by atoms with Crippen molar-refractivity contribution in [2.45, 2.75) is 89.9 Å². The van der Waals surface area contributed by atoms with Crippen LogP contribution in [0, 0.1) is 23.1 Å². The van der Waals surface area contributed by atoms with Gasteiger partial charge in [-0.3, -0.25) is 0 Å². The van der Waals surface area contributed by atoms with Gasteiger partial charge in [-0.1, -0.05) is 94.0 Å². The highest BCUT2D eigenvalue weighted by Gasteiger charge is 2.22. The summed E-state index contributed by atoms with van der Waals surface area (Å²) in [5.74, 6) is 1.47. The number of benzene rings is 3. The van der Waals surface area contributed by atoms with E-state index in [0.717, 1.165) is 35.8 Å². The maximum atomic E-state index is 14.8. The number of hydrogen-bond donors (Lipinski definition) is 0. The Morgan fingerprint density at radius 3 is 2.11 bits per heavy atom. The van der Waals surface area contributed by atoms with Crippen LogP contribution in [0.1, 0.15) is 99.3 Å². The van der Waals surface area contributed by atoms with Gasteiger partial charge in [0, 0.05) is 5.56 Å². The molecule has 1 fully saturated rings. The van der Waals surface area contributed by atoms with Crippen molar-refractivity contribution in [3.63, 3.8) is 0 Å². The second kappa shape index (κ2) is 13.4. The molecule has 1 aliphatic rings. The Labute approximate surface area is 217 Å². The topological polar surface area (TPSA) is 23.8 Å². The average Bonchev–Trinajstić information content (AvgIpc) is 2.93. The van der Waals surface area contributed by atoms with Crippen LogP contribution >= 0.6 is 0 Å². The van der Waals surface area contributed by atoms with E-state index in [4.69, 9.17) is 5.26 Å². The van der Waals surface area contributed by atoms with Crippen molar-refractivity contribution in [1.29, 1.82) is 5.26 Å². The van der Waals surface area contributed by atoms with Crippen LogP contribution in [0.4, 0.5) is 4.39 Å². The Morgan fingerprint density at radius 1 is 0.778 bits per heavy atom. The molecule has 36 heavy (non-hydrogen) atoms. The number of hydrogen-bond acceptors (Lipinski definition) is 1. The van der Waals surface area contributed by atoms with E-state index in [1.54, 1.807) is 30.3 Å². The normalized spacial score (nSPS) is 17.6. The minimum atomic E-state index is -0.205. The Morgan fingerprint density at radius 2 is 1.44 bits per heavy atom. The number of nitrogens with zero attached hydrogens (tertiary/aromatic N) is 1. The lowest BCUT2D eigenvalue weighted by Gasteiger charge is -2.29. The Kier molecular flexibility index (Phi) is 9.74. The lowest BCUT2D eigenvalue weighted by atomic mass is 9.77. The number of nitriles is 1. The SMILES string of the molecule is CCCCCCCC1CCC(c2ccc(CCc3ccc(-c4ccc(C#N)cc4)c(F)c3)cc2)CC1. The Hall–Kier alpha value is -2.92. The predicted molar refractivity (Wildman–Crippen MR) is 148 cm³/mol. The van der Waals surface area contributed by atoms with Gasteiger partial charge in [0.1, 0.15) is 5.82 Å². The van der Waals surface area contributed by atoms with E-state index in [0.29, 0.717) is 11.1 Å². The van der Waals surface area contributed by atoms with Gasteiger partial charge >= 0.3 is 0 Å². The molecular weight excluding hydrogens is 441 g/mol. The summed E-state index contributed by atoms with van der Waals surface area (Å²) in [4.78, 5) is 0. The first-order valence-corrected chi connectivity index (χ1v) is 14.0. The van der Waals surface area contributed by atoms with Gasteiger partial charge in [-0.2, -0.15) is 5.26 Å². The molecule has 0 bridgehead atoms. The second-order valence-electron chi connectivity index (χ2n) is 10.7. The molecule has 3 aromatic rings. The summed E-state index contributed by atoms with van der Waals surface area (Å²) in [5.41, 5.74) is 5.80. The molecule has 0 aliphatic heterocycles. The molecule has 0 aromatic heterocycles. The second-order valence-corrected chi connectivity index (χ2v) is 10.7. The molecule has 4 rings (SSSR count). The molecule has 3 aromatic carbocycles. The van der Waals surface area contributed by atoms with E-state index >= 15 is 0 Å². The summed E-state index contributed by atoms with van der Waals surface area (Å²) in [7, 11) is 0. The number of unbranched alkanes of at least 4 members (excludes halogenated alkanes) is 4. The smallest absolute Gasteiger partial charge is 0.131 e. The van der Waals surface area contributed by atoms with E-state index in [1.165, 1.54) is 75.3 Å². The Bertz CT molecular complexity index is 1120. The minimum absolute atomic E-state index is 0.205. The highest BCUT2D eigenvalue weighted by atomic mass is 19.1. The monoisotopic (exact) mass is 481 g/mol. The zero-order valence-electron chi connectivity index (χ0n) is 21.8. The first kappa shape index (κ1) is 26.2. The largest absolute Gasteiger partial charge is 0.206 e. The average molecular weight is 482 g/mol. The van der Waals surface area contributed by atoms with Crippen molar-refractivity contribution in [1.82, 2.24) is 0 Å². The van der Waals surface area contributed by atoms with Crippen molar-refractivity contribution >= 4 is 0 Å². The van der Waals surface area contributed by atoms with Crippen molar-refractivity contribution in [2.24, 2.45) is 5.92 Å². The molecule has 0 spiro atoms. The highest BCUT2D eigenvalue weighted by Crippen LogP contribution is 2.38. The third kappa shape index (κ3) is 7.30. The first-order valence-electron chi connectivity index (χ1n) is 14.0. The van der Waals surface area contributed by atoms with E-state index in [9.17, 15) is 4.39 Å². The molecule has 0 saturated heterocycles. The summed E-state index contributed by atoms with van der Waals surface area (Å²) in [6.45, 7) is 2.29. The van der Waals surface area contributed by atoms with Crippen molar-refractivity contribution in [3.05, 3.63) is 94.8 Å². The summed E-state index contributed by atoms with van der Waals surface area (Å²) < 4.78 is 14.8. The van der Waals surface area contributed by atoms with E-state index < -0.39 is 0 Å². The van der Waals surface area contributed by atoms with E-state index in [1.807, 2.05) is 12.1 Å². The first-order chi connectivity index (χ1) is 17.7. The van der Waals surface area contributed by atoms with Gasteiger partial charge in [-0.15, -0.1) is 0 Å². The summed E-state index contributed by atoms with van der Waals surface area (Å²) in [5, 5.41) is 8.96. The highest BCUT2D eigenvalue weighted by molar-refractivity contribution is 5.65. The molecule has 0 heterocycles. The van der Waals surface area contributed by atoms with Gasteiger partial charge in [0.25, 0.3) is 0 Å². The van der Waals surface area contributed by atoms with Crippen LogP contribution in [0.5, 0.6) is 0 Å². The van der Waals surface area contributed by atoms with Crippen LogP contribution in [-0.2, 0) is 12.8 Å². The van der Waals surface area contributed by atoms with Gasteiger partial charge in [0.15, 0.2) is 0 Å². The molecule has 0 N–H and O–H groups in total. The van der Waals surface area contributed by atoms with Gasteiger partial charge in [0.05, 0.1) is 11.6 Å². The minimum Gasteiger partial charge on any atom is -0.206 e. The van der Waals surface area contributed by atoms with Crippen LogP contribution < -0.4 is 0 Å². The lowest BCUT2D eigenvalue weighted by Crippen LogP contribution is -2.13. The third-order valence-electron chi connectivity index (χ3n) is 8.07. The molecule has 2 heteroatoms. The molecule has 0 amide bonds. The number of rotatable bonds is 11. The molecule has 0 unspecified atom stereocenters. The standard InChI is InChI=1S/C34H40FN/c1-2-3-4-5-6-7-26-10-17-30(18-11-26)31-19-12-27(13-20-31)8-9-28-16-23-33(34(35)24-28)32-21-14-29(25-36)15-22-32/h12-16,19-24,26,30H,2-11,17-18H2,1H3. The fraction of sp³-hybridized carbons (Fsp3) is 0.441. The fourth-order valence-corrected chi connectivity index (χ4v) is 5.74. The lowest BCUT2D eigenvalue weighted by molar-refractivity contribution is 0.302. The quantitative estimate of drug-likeness (QED) is 0.250. The summed E-state index contributed by atoms with van der Waals surface area (Å²) in [6, 6.07) is 23.9. The molecule has 1 nitrogen and oxygen atoms in total. The molecule has 0 radical (unpaired) electrons. The zero-order chi connectivity index (χ0) is 25.2.